The zero-order valence-electron chi connectivity index (χ0n) is 17.4. The van der Waals surface area contributed by atoms with Crippen molar-refractivity contribution in [2.45, 2.75) is 45.3 Å². The molecule has 1 unspecified atom stereocenters. The number of hydrogen-bond donors (Lipinski definition) is 2. The van der Waals surface area contributed by atoms with E-state index in [9.17, 15) is 19.2 Å². The van der Waals surface area contributed by atoms with Gasteiger partial charge in [0.05, 0.1) is 23.1 Å². The Kier molecular flexibility index (Phi) is 5.69. The molecule has 1 atom stereocenters. The van der Waals surface area contributed by atoms with Crippen molar-refractivity contribution in [1.29, 1.82) is 0 Å². The first-order valence-corrected chi connectivity index (χ1v) is 9.58. The fourth-order valence-corrected chi connectivity index (χ4v) is 3.34. The Morgan fingerprint density at radius 3 is 2.70 bits per heavy atom. The topological polar surface area (TPSA) is 111 Å². The molecule has 9 heteroatoms. The van der Waals surface area contributed by atoms with Crippen LogP contribution in [0.5, 0.6) is 0 Å². The molecule has 30 heavy (non-hydrogen) atoms. The van der Waals surface area contributed by atoms with Crippen molar-refractivity contribution in [3.63, 3.8) is 0 Å². The van der Waals surface area contributed by atoms with E-state index in [1.54, 1.807) is 46.0 Å². The van der Waals surface area contributed by atoms with Gasteiger partial charge in [-0.2, -0.15) is 0 Å². The van der Waals surface area contributed by atoms with Crippen LogP contribution in [-0.4, -0.2) is 39.2 Å². The van der Waals surface area contributed by atoms with E-state index < -0.39 is 23.6 Å². The molecule has 1 aromatic heterocycles. The smallest absolute Gasteiger partial charge is 0.408 e. The number of carbonyl (C=O) groups excluding carboxylic acids is 3. The Morgan fingerprint density at radius 2 is 2.03 bits per heavy atom. The van der Waals surface area contributed by atoms with Gasteiger partial charge in [0.2, 0.25) is 11.8 Å². The second-order valence-corrected chi connectivity index (χ2v) is 8.01. The molecule has 0 aliphatic carbocycles. The van der Waals surface area contributed by atoms with E-state index in [0.29, 0.717) is 16.6 Å². The Bertz CT molecular complexity index is 1140. The van der Waals surface area contributed by atoms with Gasteiger partial charge in [0.15, 0.2) is 0 Å². The summed E-state index contributed by atoms with van der Waals surface area (Å²) in [6.07, 6.45) is -0.125. The van der Waals surface area contributed by atoms with Crippen LogP contribution in [0.15, 0.2) is 23.0 Å². The molecule has 3 rings (SSSR count). The molecule has 2 N–H and O–H groups in total. The second kappa shape index (κ2) is 8.06. The third kappa shape index (κ3) is 4.38. The number of piperidine rings is 1. The molecule has 0 radical (unpaired) electrons. The minimum absolute atomic E-state index is 0.0765. The molecule has 1 saturated heterocycles. The number of para-hydroxylation sites is 1. The summed E-state index contributed by atoms with van der Waals surface area (Å²) in [6, 6.07) is 4.49. The van der Waals surface area contributed by atoms with Gasteiger partial charge in [-0.15, -0.1) is 0 Å². The summed E-state index contributed by atoms with van der Waals surface area (Å²) in [7, 11) is 1.61. The number of carbonyl (C=O) groups is 3. The van der Waals surface area contributed by atoms with E-state index in [2.05, 4.69) is 22.5 Å². The van der Waals surface area contributed by atoms with Gasteiger partial charge >= 0.3 is 11.8 Å². The summed E-state index contributed by atoms with van der Waals surface area (Å²) >= 11 is 0. The second-order valence-electron chi connectivity index (χ2n) is 8.01. The molecule has 158 valence electrons. The lowest BCUT2D eigenvalue weighted by Crippen LogP contribution is -2.44. The number of benzene rings is 1. The van der Waals surface area contributed by atoms with Crippen LogP contribution in [0.3, 0.4) is 0 Å². The van der Waals surface area contributed by atoms with E-state index >= 15 is 0 Å². The molecule has 3 amide bonds. The molecule has 0 spiro atoms. The molecule has 0 saturated carbocycles. The van der Waals surface area contributed by atoms with Crippen LogP contribution < -0.4 is 16.3 Å². The van der Waals surface area contributed by atoms with Crippen LogP contribution in [0, 0.1) is 11.8 Å². The van der Waals surface area contributed by atoms with Crippen LogP contribution in [0.2, 0.25) is 0 Å². The largest absolute Gasteiger partial charge is 0.444 e. The van der Waals surface area contributed by atoms with E-state index in [0.717, 1.165) is 0 Å². The van der Waals surface area contributed by atoms with Crippen molar-refractivity contribution in [1.82, 2.24) is 19.8 Å². The average molecular weight is 412 g/mol. The molecule has 1 fully saturated rings. The number of aryl methyl sites for hydroxylation is 1. The van der Waals surface area contributed by atoms with Gasteiger partial charge in [-0.25, -0.2) is 9.59 Å². The third-order valence-corrected chi connectivity index (χ3v) is 4.57. The standard InChI is InChI=1S/C21H24N4O5/c1-21(2,3)30-19(28)22-12-6-8-13-7-5-9-14-17(13)24(4)20(29)25(14)15-10-11-16(26)23-18(15)27/h5,7,9,15H,10-12H2,1-4H3,(H,22,28)(H,23,26,27). The molecule has 1 aliphatic heterocycles. The molecule has 2 aromatic rings. The summed E-state index contributed by atoms with van der Waals surface area (Å²) < 4.78 is 7.99. The van der Waals surface area contributed by atoms with Gasteiger partial charge < -0.3 is 10.1 Å². The van der Waals surface area contributed by atoms with Crippen molar-refractivity contribution in [2.24, 2.45) is 7.05 Å². The number of alkyl carbamates (subject to hydrolysis) is 1. The van der Waals surface area contributed by atoms with E-state index in [1.807, 2.05) is 0 Å². The van der Waals surface area contributed by atoms with Crippen LogP contribution >= 0.6 is 0 Å². The van der Waals surface area contributed by atoms with Crippen molar-refractivity contribution >= 4 is 28.9 Å². The number of imidazole rings is 1. The minimum Gasteiger partial charge on any atom is -0.444 e. The normalized spacial score (nSPS) is 16.6. The first kappa shape index (κ1) is 21.2. The maximum absolute atomic E-state index is 12.9. The zero-order chi connectivity index (χ0) is 22.1. The zero-order valence-corrected chi connectivity index (χ0v) is 17.4. The molecule has 1 aliphatic rings. The monoisotopic (exact) mass is 412 g/mol. The number of nitrogens with one attached hydrogen (secondary N) is 2. The summed E-state index contributed by atoms with van der Waals surface area (Å²) in [4.78, 5) is 48.3. The van der Waals surface area contributed by atoms with Gasteiger partial charge in [0, 0.05) is 13.5 Å². The number of hydrogen-bond acceptors (Lipinski definition) is 5. The lowest BCUT2D eigenvalue weighted by molar-refractivity contribution is -0.135. The molecular formula is C21H24N4O5. The van der Waals surface area contributed by atoms with Gasteiger partial charge in [-0.1, -0.05) is 17.9 Å². The van der Waals surface area contributed by atoms with Crippen LogP contribution in [0.1, 0.15) is 45.2 Å². The lowest BCUT2D eigenvalue weighted by atomic mass is 10.1. The summed E-state index contributed by atoms with van der Waals surface area (Å²) in [5.74, 6) is 4.98. The van der Waals surface area contributed by atoms with E-state index in [1.165, 1.54) is 9.13 Å². The van der Waals surface area contributed by atoms with Crippen LogP contribution in [0.4, 0.5) is 4.79 Å². The number of aromatic nitrogens is 2. The minimum atomic E-state index is -0.754. The fraction of sp³-hybridized carbons (Fsp3) is 0.429. The summed E-state index contributed by atoms with van der Waals surface area (Å²) in [6.45, 7) is 5.39. The highest BCUT2D eigenvalue weighted by Crippen LogP contribution is 2.24. The first-order chi connectivity index (χ1) is 14.1. The van der Waals surface area contributed by atoms with Crippen LogP contribution in [-0.2, 0) is 21.4 Å². The number of imide groups is 1. The third-order valence-electron chi connectivity index (χ3n) is 4.57. The number of fused-ring (bicyclic) bond motifs is 1. The molecule has 1 aromatic carbocycles. The Labute approximate surface area is 173 Å². The quantitative estimate of drug-likeness (QED) is 0.569. The summed E-state index contributed by atoms with van der Waals surface area (Å²) in [5, 5.41) is 4.84. The summed E-state index contributed by atoms with van der Waals surface area (Å²) in [5.41, 5.74) is 0.769. The SMILES string of the molecule is Cn1c(=O)n(C2CCC(=O)NC2=O)c2cccc(C#CCNC(=O)OC(C)(C)C)c21. The maximum atomic E-state index is 12.9. The highest BCUT2D eigenvalue weighted by Gasteiger charge is 2.31. The highest BCUT2D eigenvalue weighted by molar-refractivity contribution is 6.00. The predicted molar refractivity (Wildman–Crippen MR) is 110 cm³/mol. The fourth-order valence-electron chi connectivity index (χ4n) is 3.34. The number of nitrogens with zero attached hydrogens (tertiary/aromatic N) is 2. The molecule has 9 nitrogen and oxygen atoms in total. The first-order valence-electron chi connectivity index (χ1n) is 9.58. The molecule has 2 heterocycles. The van der Waals surface area contributed by atoms with E-state index in [-0.39, 0.29) is 31.0 Å². The van der Waals surface area contributed by atoms with Gasteiger partial charge in [-0.3, -0.25) is 24.0 Å². The van der Waals surface area contributed by atoms with Crippen molar-refractivity contribution in [3.05, 3.63) is 34.2 Å². The highest BCUT2D eigenvalue weighted by atomic mass is 16.6. The predicted octanol–water partition coefficient (Wildman–Crippen LogP) is 1.19. The van der Waals surface area contributed by atoms with Crippen LogP contribution in [0.25, 0.3) is 11.0 Å². The molecular weight excluding hydrogens is 388 g/mol. The lowest BCUT2D eigenvalue weighted by Gasteiger charge is -2.21. The van der Waals surface area contributed by atoms with Crippen molar-refractivity contribution < 1.29 is 19.1 Å². The van der Waals surface area contributed by atoms with E-state index in [4.69, 9.17) is 4.74 Å². The maximum Gasteiger partial charge on any atom is 0.408 e. The van der Waals surface area contributed by atoms with Gasteiger partial charge in [0.1, 0.15) is 11.6 Å². The Hall–Kier alpha value is -3.54. The number of amides is 3. The average Bonchev–Trinajstić information content (AvgIpc) is 2.89. The van der Waals surface area contributed by atoms with Gasteiger partial charge in [0.25, 0.3) is 0 Å². The number of rotatable bonds is 2. The Balaban J connectivity index is 1.89. The van der Waals surface area contributed by atoms with Gasteiger partial charge in [-0.05, 0) is 39.3 Å². The number of ether oxygens (including phenoxy) is 1. The van der Waals surface area contributed by atoms with Crippen molar-refractivity contribution in [3.8, 4) is 11.8 Å². The van der Waals surface area contributed by atoms with Crippen molar-refractivity contribution in [2.75, 3.05) is 6.54 Å². The molecule has 0 bridgehead atoms. The Morgan fingerprint density at radius 1 is 1.30 bits per heavy atom.